The van der Waals surface area contributed by atoms with Crippen LogP contribution in [0.1, 0.15) is 73.1 Å². The van der Waals surface area contributed by atoms with Crippen molar-refractivity contribution in [1.82, 2.24) is 0 Å². The standard InChI is InChI=1S/C20H36O7P2/c1-17(2)9-6-10-18(3)11-7-12-19(4)13-8-14-20(5)15-16-26-29(24,25)27-28(21,22)23/h9,11,13,15H,6-8,10,12,14,16H2,1-5H3,(H,24,25)(H2,21,22,23)/p-1/b18-11+,19-13+,20-15+. The van der Waals surface area contributed by atoms with Crippen LogP contribution < -0.4 is 4.89 Å². The third-order valence-corrected chi connectivity index (χ3v) is 6.16. The number of hydrogen-bond donors (Lipinski definition) is 2. The first-order valence-corrected chi connectivity index (χ1v) is 12.6. The van der Waals surface area contributed by atoms with E-state index in [2.05, 4.69) is 54.8 Å². The van der Waals surface area contributed by atoms with Crippen LogP contribution in [0.25, 0.3) is 0 Å². The summed E-state index contributed by atoms with van der Waals surface area (Å²) in [6.45, 7) is 10.0. The molecule has 0 aromatic heterocycles. The first kappa shape index (κ1) is 28.2. The zero-order valence-corrected chi connectivity index (χ0v) is 19.9. The van der Waals surface area contributed by atoms with E-state index in [1.54, 1.807) is 6.08 Å². The van der Waals surface area contributed by atoms with Crippen molar-refractivity contribution < 1.29 is 32.6 Å². The Labute approximate surface area is 175 Å². The number of rotatable bonds is 14. The molecule has 2 N–H and O–H groups in total. The van der Waals surface area contributed by atoms with Gasteiger partial charge in [0.2, 0.25) is 0 Å². The van der Waals surface area contributed by atoms with Crippen molar-refractivity contribution in [2.75, 3.05) is 6.61 Å². The van der Waals surface area contributed by atoms with Gasteiger partial charge in [-0.05, 0) is 73.1 Å². The van der Waals surface area contributed by atoms with E-state index < -0.39 is 15.6 Å². The quantitative estimate of drug-likeness (QED) is 0.257. The molecule has 7 nitrogen and oxygen atoms in total. The van der Waals surface area contributed by atoms with Crippen LogP contribution in [0.3, 0.4) is 0 Å². The Balaban J connectivity index is 4.20. The van der Waals surface area contributed by atoms with Crippen LogP contribution in [0.2, 0.25) is 0 Å². The van der Waals surface area contributed by atoms with Crippen molar-refractivity contribution in [3.63, 3.8) is 0 Å². The van der Waals surface area contributed by atoms with Crippen LogP contribution in [0.5, 0.6) is 0 Å². The maximum atomic E-state index is 11.3. The zero-order chi connectivity index (χ0) is 22.5. The number of hydrogen-bond acceptors (Lipinski definition) is 5. The van der Waals surface area contributed by atoms with E-state index in [4.69, 9.17) is 9.79 Å². The van der Waals surface area contributed by atoms with Gasteiger partial charge in [0.05, 0.1) is 6.61 Å². The predicted octanol–water partition coefficient (Wildman–Crippen LogP) is 5.73. The lowest BCUT2D eigenvalue weighted by Gasteiger charge is -2.18. The van der Waals surface area contributed by atoms with E-state index in [0.29, 0.717) is 0 Å². The SMILES string of the molecule is CC(C)=CCC/C(C)=C/CC/C(C)=C/CC/C(C)=C/COP(=O)(O)OP(=O)([O-])O. The predicted molar refractivity (Wildman–Crippen MR) is 115 cm³/mol. The smallest absolute Gasteiger partial charge is 0.479 e. The summed E-state index contributed by atoms with van der Waals surface area (Å²) in [7, 11) is -10.2. The van der Waals surface area contributed by atoms with Crippen molar-refractivity contribution in [3.05, 3.63) is 46.6 Å². The molecule has 0 saturated heterocycles. The molecular weight excluding hydrogens is 414 g/mol. The monoisotopic (exact) mass is 449 g/mol. The zero-order valence-electron chi connectivity index (χ0n) is 18.1. The summed E-state index contributed by atoms with van der Waals surface area (Å²) in [6, 6.07) is 0. The van der Waals surface area contributed by atoms with Crippen LogP contribution in [0.15, 0.2) is 46.6 Å². The highest BCUT2D eigenvalue weighted by molar-refractivity contribution is 7.60. The van der Waals surface area contributed by atoms with Gasteiger partial charge in [0.25, 0.3) is 7.82 Å². The lowest BCUT2D eigenvalue weighted by molar-refractivity contribution is -0.212. The molecule has 0 fully saturated rings. The molecule has 2 unspecified atom stereocenters. The fourth-order valence-corrected chi connectivity index (χ4v) is 3.91. The minimum atomic E-state index is -5.33. The van der Waals surface area contributed by atoms with E-state index in [1.165, 1.54) is 16.7 Å². The fourth-order valence-electron chi connectivity index (χ4n) is 2.41. The molecular formula is C20H35O7P2-. The average molecular weight is 449 g/mol. The van der Waals surface area contributed by atoms with Crippen molar-refractivity contribution in [3.8, 4) is 0 Å². The summed E-state index contributed by atoms with van der Waals surface area (Å²) in [5.74, 6) is 0. The van der Waals surface area contributed by atoms with Crippen molar-refractivity contribution >= 4 is 15.6 Å². The second-order valence-corrected chi connectivity index (χ2v) is 10.1. The second kappa shape index (κ2) is 14.3. The van der Waals surface area contributed by atoms with Crippen molar-refractivity contribution in [2.45, 2.75) is 73.1 Å². The Hall–Kier alpha value is -0.780. The highest BCUT2D eigenvalue weighted by Crippen LogP contribution is 2.55. The molecule has 0 heterocycles. The van der Waals surface area contributed by atoms with Crippen LogP contribution in [-0.2, 0) is 18.0 Å². The molecule has 29 heavy (non-hydrogen) atoms. The third kappa shape index (κ3) is 19.0. The molecule has 0 aliphatic carbocycles. The molecule has 0 aromatic rings. The molecule has 0 spiro atoms. The summed E-state index contributed by atoms with van der Waals surface area (Å²) in [4.78, 5) is 28.0. The fraction of sp³-hybridized carbons (Fsp3) is 0.600. The Kier molecular flexibility index (Phi) is 13.9. The van der Waals surface area contributed by atoms with Crippen LogP contribution >= 0.6 is 15.6 Å². The topological polar surface area (TPSA) is 116 Å². The van der Waals surface area contributed by atoms with Gasteiger partial charge in [-0.1, -0.05) is 46.6 Å². The van der Waals surface area contributed by atoms with Crippen LogP contribution in [-0.4, -0.2) is 16.4 Å². The molecule has 0 aromatic carbocycles. The van der Waals surface area contributed by atoms with Crippen LogP contribution in [0.4, 0.5) is 0 Å². The number of phosphoric acid groups is 2. The van der Waals surface area contributed by atoms with Gasteiger partial charge in [-0.15, -0.1) is 0 Å². The van der Waals surface area contributed by atoms with Gasteiger partial charge < -0.3 is 14.7 Å². The van der Waals surface area contributed by atoms with Gasteiger partial charge in [0, 0.05) is 0 Å². The molecule has 0 saturated carbocycles. The number of allylic oxidation sites excluding steroid dienone is 7. The molecule has 0 rings (SSSR count). The summed E-state index contributed by atoms with van der Waals surface area (Å²) in [5, 5.41) is 0. The Morgan fingerprint density at radius 2 is 1.21 bits per heavy atom. The third-order valence-electron chi connectivity index (χ3n) is 4.03. The van der Waals surface area contributed by atoms with Crippen molar-refractivity contribution in [1.29, 1.82) is 0 Å². The molecule has 0 aliphatic heterocycles. The number of phosphoric ester groups is 1. The first-order valence-electron chi connectivity index (χ1n) is 9.63. The summed E-state index contributed by atoms with van der Waals surface area (Å²) >= 11 is 0. The van der Waals surface area contributed by atoms with Gasteiger partial charge in [-0.25, -0.2) is 8.88 Å². The maximum absolute atomic E-state index is 11.3. The highest BCUT2D eigenvalue weighted by Gasteiger charge is 2.26. The summed E-state index contributed by atoms with van der Waals surface area (Å²) < 4.78 is 29.8. The average Bonchev–Trinajstić information content (AvgIpc) is 2.51. The van der Waals surface area contributed by atoms with Gasteiger partial charge in [-0.2, -0.15) is 0 Å². The van der Waals surface area contributed by atoms with E-state index in [1.807, 2.05) is 6.92 Å². The van der Waals surface area contributed by atoms with Gasteiger partial charge in [0.15, 0.2) is 0 Å². The second-order valence-electron chi connectivity index (χ2n) is 7.36. The molecule has 168 valence electrons. The van der Waals surface area contributed by atoms with Crippen LogP contribution in [0, 0.1) is 0 Å². The maximum Gasteiger partial charge on any atom is 0.479 e. The van der Waals surface area contributed by atoms with E-state index in [0.717, 1.165) is 44.1 Å². The highest BCUT2D eigenvalue weighted by atomic mass is 31.3. The minimum Gasteiger partial charge on any atom is -0.756 e. The molecule has 0 radical (unpaired) electrons. The minimum absolute atomic E-state index is 0.293. The normalized spacial score (nSPS) is 17.6. The summed E-state index contributed by atoms with van der Waals surface area (Å²) in [5.41, 5.74) is 5.00. The van der Waals surface area contributed by atoms with E-state index in [9.17, 15) is 14.0 Å². The molecule has 0 bridgehead atoms. The molecule has 0 amide bonds. The Morgan fingerprint density at radius 3 is 1.62 bits per heavy atom. The van der Waals surface area contributed by atoms with Gasteiger partial charge in [0.1, 0.15) is 0 Å². The Morgan fingerprint density at radius 1 is 0.793 bits per heavy atom. The first-order chi connectivity index (χ1) is 13.3. The van der Waals surface area contributed by atoms with Crippen molar-refractivity contribution in [2.24, 2.45) is 0 Å². The van der Waals surface area contributed by atoms with Gasteiger partial charge in [-0.3, -0.25) is 9.09 Å². The summed E-state index contributed by atoms with van der Waals surface area (Å²) in [6.07, 6.45) is 14.1. The van der Waals surface area contributed by atoms with Gasteiger partial charge >= 0.3 is 7.82 Å². The largest absolute Gasteiger partial charge is 0.756 e. The lowest BCUT2D eigenvalue weighted by Crippen LogP contribution is -2.03. The Bertz CT molecular complexity index is 710. The molecule has 2 atom stereocenters. The van der Waals surface area contributed by atoms with E-state index in [-0.39, 0.29) is 6.61 Å². The van der Waals surface area contributed by atoms with E-state index >= 15 is 0 Å². The lowest BCUT2D eigenvalue weighted by atomic mass is 10.0. The molecule has 9 heteroatoms. The molecule has 0 aliphatic rings.